The zero-order valence-corrected chi connectivity index (χ0v) is 66.9. The number of ether oxygens (including phenoxy) is 4. The third kappa shape index (κ3) is 72.8. The van der Waals surface area contributed by atoms with Crippen LogP contribution >= 0.6 is 15.6 Å². The van der Waals surface area contributed by atoms with E-state index in [0.717, 1.165) is 114 Å². The fourth-order valence-corrected chi connectivity index (χ4v) is 13.8. The number of carbonyl (C=O) groups excluding carboxylic acids is 4. The molecule has 0 radical (unpaired) electrons. The topological polar surface area (TPSA) is 237 Å². The van der Waals surface area contributed by atoms with Crippen molar-refractivity contribution >= 4 is 39.5 Å². The van der Waals surface area contributed by atoms with Crippen molar-refractivity contribution in [3.05, 3.63) is 0 Å². The van der Waals surface area contributed by atoms with Crippen LogP contribution in [0.2, 0.25) is 0 Å². The molecule has 0 aromatic rings. The van der Waals surface area contributed by atoms with Crippen LogP contribution in [-0.2, 0) is 65.4 Å². The smallest absolute Gasteiger partial charge is 0.462 e. The summed E-state index contributed by atoms with van der Waals surface area (Å²) < 4.78 is 68.6. The number of aliphatic hydroxyl groups excluding tert-OH is 1. The van der Waals surface area contributed by atoms with Crippen LogP contribution in [0.1, 0.15) is 409 Å². The first kappa shape index (κ1) is 97.1. The number of hydrogen-bond donors (Lipinski definition) is 3. The predicted molar refractivity (Wildman–Crippen MR) is 404 cm³/mol. The summed E-state index contributed by atoms with van der Waals surface area (Å²) in [5.74, 6) is 0.974. The SMILES string of the molecule is CCC(C)CCCCCCCCCCCCC(=O)O[C@H](COC(=O)CCCCCCCCC(C)C)COP(=O)(O)OC[C@H](O)COP(=O)(O)OC[C@@H](COC(=O)CCCCCCCCCCCCCCCCCC(C)C)OC(=O)CCCCCCCCCCCCCCCCCC(C)C. The number of phosphoric acid groups is 2. The first-order valence-electron chi connectivity index (χ1n) is 41.2. The third-order valence-electron chi connectivity index (χ3n) is 18.9. The summed E-state index contributed by atoms with van der Waals surface area (Å²) in [7, 11) is -9.92. The zero-order valence-electron chi connectivity index (χ0n) is 65.1. The molecule has 0 aromatic heterocycles. The Morgan fingerprint density at radius 1 is 0.283 bits per heavy atom. The lowest BCUT2D eigenvalue weighted by atomic mass is 9.99. The Labute approximate surface area is 607 Å². The molecule has 0 fully saturated rings. The number of carbonyl (C=O) groups is 4. The molecule has 0 rings (SSSR count). The van der Waals surface area contributed by atoms with Gasteiger partial charge in [-0.15, -0.1) is 0 Å². The molecule has 6 atom stereocenters. The lowest BCUT2D eigenvalue weighted by Crippen LogP contribution is -2.30. The number of rotatable bonds is 77. The standard InChI is InChI=1S/C80H156O17P2/c1-9-73(8)59-51-43-34-28-24-25-31-37-47-55-63-80(85)97-76(67-91-78(83)61-53-45-39-38-42-50-58-72(6)7)69-95-99(88,89)93-65-74(81)64-92-98(86,87)94-68-75(96-79(84)62-54-46-36-30-23-19-15-11-13-17-21-27-33-41-49-57-71(4)5)66-90-77(82)60-52-44-35-29-22-18-14-10-12-16-20-26-32-40-48-56-70(2)3/h70-76,81H,9-69H2,1-8H3,(H,86,87)(H,88,89)/t73?,74-,75-,76-/m1/s1. The van der Waals surface area contributed by atoms with E-state index in [1.165, 1.54) is 205 Å². The molecule has 19 heteroatoms. The average molecular weight is 1450 g/mol. The summed E-state index contributed by atoms with van der Waals surface area (Å²) in [5, 5.41) is 10.6. The summed E-state index contributed by atoms with van der Waals surface area (Å²) >= 11 is 0. The minimum absolute atomic E-state index is 0.105. The summed E-state index contributed by atoms with van der Waals surface area (Å²) in [6, 6.07) is 0. The van der Waals surface area contributed by atoms with Crippen molar-refractivity contribution in [1.82, 2.24) is 0 Å². The van der Waals surface area contributed by atoms with Crippen LogP contribution in [0, 0.1) is 23.7 Å². The van der Waals surface area contributed by atoms with Crippen LogP contribution in [0.4, 0.5) is 0 Å². The largest absolute Gasteiger partial charge is 0.472 e. The molecule has 0 bridgehead atoms. The number of aliphatic hydroxyl groups is 1. The molecule has 0 heterocycles. The second-order valence-corrected chi connectivity index (χ2v) is 33.4. The molecular weight excluding hydrogens is 1290 g/mol. The van der Waals surface area contributed by atoms with Gasteiger partial charge in [-0.1, -0.05) is 357 Å². The minimum atomic E-state index is -4.96. The van der Waals surface area contributed by atoms with Crippen molar-refractivity contribution in [2.45, 2.75) is 427 Å². The first-order valence-corrected chi connectivity index (χ1v) is 44.2. The number of esters is 4. The second-order valence-electron chi connectivity index (χ2n) is 30.5. The van der Waals surface area contributed by atoms with Gasteiger partial charge in [0.1, 0.15) is 19.3 Å². The molecule has 0 aliphatic carbocycles. The Morgan fingerprint density at radius 2 is 0.485 bits per heavy atom. The van der Waals surface area contributed by atoms with Crippen LogP contribution in [0.15, 0.2) is 0 Å². The van der Waals surface area contributed by atoms with Crippen LogP contribution in [-0.4, -0.2) is 96.7 Å². The summed E-state index contributed by atoms with van der Waals surface area (Å²) in [6.45, 7) is 14.2. The van der Waals surface area contributed by atoms with E-state index in [1.807, 2.05) is 0 Å². The molecule has 99 heavy (non-hydrogen) atoms. The van der Waals surface area contributed by atoms with Gasteiger partial charge in [0.05, 0.1) is 26.4 Å². The van der Waals surface area contributed by atoms with E-state index in [1.54, 1.807) is 0 Å². The first-order chi connectivity index (χ1) is 47.6. The Morgan fingerprint density at radius 3 is 0.717 bits per heavy atom. The maximum atomic E-state index is 13.1. The van der Waals surface area contributed by atoms with Gasteiger partial charge in [0, 0.05) is 25.7 Å². The molecule has 0 saturated heterocycles. The highest BCUT2D eigenvalue weighted by molar-refractivity contribution is 7.47. The fraction of sp³-hybridized carbons (Fsp3) is 0.950. The molecule has 588 valence electrons. The highest BCUT2D eigenvalue weighted by Crippen LogP contribution is 2.45. The van der Waals surface area contributed by atoms with E-state index >= 15 is 0 Å². The average Bonchev–Trinajstić information content (AvgIpc) is 0.970. The lowest BCUT2D eigenvalue weighted by Gasteiger charge is -2.21. The fourth-order valence-electron chi connectivity index (χ4n) is 12.2. The molecule has 0 aromatic carbocycles. The van der Waals surface area contributed by atoms with Gasteiger partial charge in [-0.2, -0.15) is 0 Å². The minimum Gasteiger partial charge on any atom is -0.462 e. The van der Waals surface area contributed by atoms with Crippen molar-refractivity contribution < 1.29 is 80.2 Å². The molecule has 17 nitrogen and oxygen atoms in total. The highest BCUT2D eigenvalue weighted by atomic mass is 31.2. The predicted octanol–water partition coefficient (Wildman–Crippen LogP) is 23.6. The van der Waals surface area contributed by atoms with Crippen molar-refractivity contribution in [2.24, 2.45) is 23.7 Å². The van der Waals surface area contributed by atoms with Crippen LogP contribution in [0.25, 0.3) is 0 Å². The van der Waals surface area contributed by atoms with Gasteiger partial charge in [-0.25, -0.2) is 9.13 Å². The quantitative estimate of drug-likeness (QED) is 0.0222. The van der Waals surface area contributed by atoms with Gasteiger partial charge in [-0.3, -0.25) is 37.3 Å². The van der Waals surface area contributed by atoms with Gasteiger partial charge < -0.3 is 33.8 Å². The van der Waals surface area contributed by atoms with Crippen molar-refractivity contribution in [2.75, 3.05) is 39.6 Å². The molecule has 3 unspecified atom stereocenters. The third-order valence-corrected chi connectivity index (χ3v) is 20.8. The molecule has 0 spiro atoms. The summed E-state index contributed by atoms with van der Waals surface area (Å²) in [4.78, 5) is 72.9. The van der Waals surface area contributed by atoms with E-state index in [9.17, 15) is 43.2 Å². The van der Waals surface area contributed by atoms with Gasteiger partial charge in [0.2, 0.25) is 0 Å². The number of hydrogen-bond acceptors (Lipinski definition) is 15. The van der Waals surface area contributed by atoms with Gasteiger partial charge in [0.25, 0.3) is 0 Å². The number of phosphoric ester groups is 2. The molecule has 0 aliphatic rings. The van der Waals surface area contributed by atoms with Crippen molar-refractivity contribution in [1.29, 1.82) is 0 Å². The Hall–Kier alpha value is -1.94. The van der Waals surface area contributed by atoms with Crippen LogP contribution < -0.4 is 0 Å². The Balaban J connectivity index is 5.24. The van der Waals surface area contributed by atoms with E-state index in [4.69, 9.17) is 37.0 Å². The van der Waals surface area contributed by atoms with E-state index < -0.39 is 97.5 Å². The lowest BCUT2D eigenvalue weighted by molar-refractivity contribution is -0.161. The molecule has 3 N–H and O–H groups in total. The molecule has 0 amide bonds. The van der Waals surface area contributed by atoms with E-state index in [-0.39, 0.29) is 25.7 Å². The van der Waals surface area contributed by atoms with Gasteiger partial charge >= 0.3 is 39.5 Å². The summed E-state index contributed by atoms with van der Waals surface area (Å²) in [6.07, 6.45) is 55.6. The normalized spacial score (nSPS) is 14.3. The monoisotopic (exact) mass is 1450 g/mol. The van der Waals surface area contributed by atoms with Crippen molar-refractivity contribution in [3.63, 3.8) is 0 Å². The van der Waals surface area contributed by atoms with E-state index in [0.29, 0.717) is 31.6 Å². The Kier molecular flexibility index (Phi) is 67.8. The maximum absolute atomic E-state index is 13.1. The van der Waals surface area contributed by atoms with Crippen molar-refractivity contribution in [3.8, 4) is 0 Å². The van der Waals surface area contributed by atoms with E-state index in [2.05, 4.69) is 55.4 Å². The highest BCUT2D eigenvalue weighted by Gasteiger charge is 2.30. The Bertz CT molecular complexity index is 1940. The maximum Gasteiger partial charge on any atom is 0.472 e. The molecule has 0 aliphatic heterocycles. The van der Waals surface area contributed by atoms with Crippen LogP contribution in [0.3, 0.4) is 0 Å². The zero-order chi connectivity index (χ0) is 73.1. The second kappa shape index (κ2) is 69.1. The molecule has 0 saturated carbocycles. The van der Waals surface area contributed by atoms with Crippen LogP contribution in [0.5, 0.6) is 0 Å². The summed E-state index contributed by atoms with van der Waals surface area (Å²) in [5.41, 5.74) is 0. The van der Waals surface area contributed by atoms with Gasteiger partial charge in [-0.05, 0) is 49.4 Å². The molecular formula is C80H156O17P2. The van der Waals surface area contributed by atoms with Gasteiger partial charge in [0.15, 0.2) is 12.2 Å². The number of unbranched alkanes of at least 4 members (excludes halogenated alkanes) is 42.